The zero-order chi connectivity index (χ0) is 10.3. The second kappa shape index (κ2) is 2.93. The van der Waals surface area contributed by atoms with E-state index in [4.69, 9.17) is 32.4 Å². The molecule has 0 bridgehead atoms. The molecule has 1 heterocycles. The molecule has 0 aromatic heterocycles. The van der Waals surface area contributed by atoms with E-state index in [1.165, 1.54) is 0 Å². The van der Waals surface area contributed by atoms with Gasteiger partial charge in [-0.1, -0.05) is 0 Å². The lowest BCUT2D eigenvalue weighted by atomic mass is 10.2. The number of hydrogen-bond donors (Lipinski definition) is 4. The Labute approximate surface area is 80.7 Å². The van der Waals surface area contributed by atoms with E-state index in [1.807, 2.05) is 0 Å². The van der Waals surface area contributed by atoms with E-state index in [0.29, 0.717) is 22.9 Å². The van der Waals surface area contributed by atoms with Gasteiger partial charge in [0.2, 0.25) is 0 Å². The average Bonchev–Trinajstić information content (AvgIpc) is 2.11. The van der Waals surface area contributed by atoms with Gasteiger partial charge >= 0.3 is 0 Å². The molecule has 2 atom stereocenters. The molecule has 14 heavy (non-hydrogen) atoms. The summed E-state index contributed by atoms with van der Waals surface area (Å²) in [6.45, 7) is 0. The molecule has 76 valence electrons. The Balaban J connectivity index is 2.42. The van der Waals surface area contributed by atoms with Crippen LogP contribution in [0.3, 0.4) is 0 Å². The van der Waals surface area contributed by atoms with Crippen molar-refractivity contribution in [3.8, 4) is 11.5 Å². The summed E-state index contributed by atoms with van der Waals surface area (Å²) >= 11 is 0. The van der Waals surface area contributed by atoms with Gasteiger partial charge < -0.3 is 20.9 Å². The van der Waals surface area contributed by atoms with E-state index in [0.717, 1.165) is 0 Å². The normalized spacial score (nSPS) is 24.7. The van der Waals surface area contributed by atoms with Crippen LogP contribution in [0.25, 0.3) is 0 Å². The molecule has 2 unspecified atom stereocenters. The van der Waals surface area contributed by atoms with Crippen molar-refractivity contribution in [2.24, 2.45) is 11.5 Å². The van der Waals surface area contributed by atoms with E-state index in [-0.39, 0.29) is 0 Å². The Morgan fingerprint density at radius 1 is 0.857 bits per heavy atom. The van der Waals surface area contributed by atoms with E-state index in [9.17, 15) is 0 Å². The van der Waals surface area contributed by atoms with Crippen LogP contribution in [0.1, 0.15) is 0 Å². The summed E-state index contributed by atoms with van der Waals surface area (Å²) in [5, 5.41) is 0. The number of nitrogen functional groups attached to an aromatic ring is 2. The van der Waals surface area contributed by atoms with Crippen LogP contribution in [-0.2, 0) is 0 Å². The molecule has 6 heteroatoms. The molecule has 0 saturated heterocycles. The predicted molar refractivity (Wildman–Crippen MR) is 52.5 cm³/mol. The van der Waals surface area contributed by atoms with Crippen molar-refractivity contribution < 1.29 is 9.47 Å². The highest BCUT2D eigenvalue weighted by Crippen LogP contribution is 2.36. The summed E-state index contributed by atoms with van der Waals surface area (Å²) in [6.07, 6.45) is -1.38. The first-order valence-electron chi connectivity index (χ1n) is 4.11. The van der Waals surface area contributed by atoms with Gasteiger partial charge in [-0.3, -0.25) is 11.5 Å². The molecule has 8 N–H and O–H groups in total. The van der Waals surface area contributed by atoms with Gasteiger partial charge in [-0.05, 0) is 0 Å². The number of rotatable bonds is 0. The van der Waals surface area contributed by atoms with Gasteiger partial charge in [0.1, 0.15) is 0 Å². The Hall–Kier alpha value is -1.66. The summed E-state index contributed by atoms with van der Waals surface area (Å²) < 4.78 is 10.5. The highest BCUT2D eigenvalue weighted by molar-refractivity contribution is 5.69. The van der Waals surface area contributed by atoms with Crippen molar-refractivity contribution in [1.82, 2.24) is 0 Å². The lowest BCUT2D eigenvalue weighted by molar-refractivity contribution is 0.0286. The van der Waals surface area contributed by atoms with Crippen LogP contribution < -0.4 is 32.4 Å². The SMILES string of the molecule is Nc1cc2c(cc1N)OC(N)C(N)O2. The van der Waals surface area contributed by atoms with E-state index >= 15 is 0 Å². The molecule has 0 saturated carbocycles. The second-order valence-electron chi connectivity index (χ2n) is 3.09. The fraction of sp³-hybridized carbons (Fsp3) is 0.250. The molecule has 0 amide bonds. The van der Waals surface area contributed by atoms with Crippen molar-refractivity contribution in [2.45, 2.75) is 12.5 Å². The number of benzene rings is 1. The van der Waals surface area contributed by atoms with Crippen molar-refractivity contribution in [3.63, 3.8) is 0 Å². The van der Waals surface area contributed by atoms with Crippen molar-refractivity contribution in [3.05, 3.63) is 12.1 Å². The van der Waals surface area contributed by atoms with Gasteiger partial charge in [-0.2, -0.15) is 0 Å². The number of fused-ring (bicyclic) bond motifs is 1. The van der Waals surface area contributed by atoms with Gasteiger partial charge in [0.15, 0.2) is 24.0 Å². The number of nitrogens with two attached hydrogens (primary N) is 4. The Morgan fingerprint density at radius 2 is 1.21 bits per heavy atom. The summed E-state index contributed by atoms with van der Waals surface area (Å²) in [6, 6.07) is 3.13. The van der Waals surface area contributed by atoms with E-state index < -0.39 is 12.5 Å². The first-order chi connectivity index (χ1) is 6.58. The minimum Gasteiger partial charge on any atom is -0.466 e. The third-order valence-electron chi connectivity index (χ3n) is 2.00. The van der Waals surface area contributed by atoms with Gasteiger partial charge in [0, 0.05) is 12.1 Å². The largest absolute Gasteiger partial charge is 0.466 e. The van der Waals surface area contributed by atoms with Crippen molar-refractivity contribution in [2.75, 3.05) is 11.5 Å². The zero-order valence-corrected chi connectivity index (χ0v) is 7.44. The van der Waals surface area contributed by atoms with Crippen LogP contribution in [0, 0.1) is 0 Å². The van der Waals surface area contributed by atoms with Crippen molar-refractivity contribution >= 4 is 11.4 Å². The standard InChI is InChI=1S/C8H12N4O2/c9-3-1-5-6(2-4(3)10)14-8(12)7(11)13-5/h1-2,7-8H,9-12H2. The summed E-state index contributed by atoms with van der Waals surface area (Å²) in [4.78, 5) is 0. The summed E-state index contributed by atoms with van der Waals surface area (Å²) in [5.74, 6) is 0.928. The third kappa shape index (κ3) is 1.30. The number of hydrogen-bond acceptors (Lipinski definition) is 6. The predicted octanol–water partition coefficient (Wildman–Crippen LogP) is -0.808. The molecule has 0 aliphatic carbocycles. The molecule has 1 aromatic rings. The van der Waals surface area contributed by atoms with Gasteiger partial charge in [-0.25, -0.2) is 0 Å². The van der Waals surface area contributed by atoms with E-state index in [2.05, 4.69) is 0 Å². The molecule has 0 fully saturated rings. The lowest BCUT2D eigenvalue weighted by Crippen LogP contribution is -2.51. The lowest BCUT2D eigenvalue weighted by Gasteiger charge is -2.29. The molecule has 1 aliphatic heterocycles. The molecule has 6 nitrogen and oxygen atoms in total. The minimum absolute atomic E-state index is 0.426. The maximum atomic E-state index is 5.59. The van der Waals surface area contributed by atoms with Crippen LogP contribution >= 0.6 is 0 Å². The maximum Gasteiger partial charge on any atom is 0.198 e. The molecular weight excluding hydrogens is 184 g/mol. The molecule has 1 aromatic carbocycles. The quantitative estimate of drug-likeness (QED) is 0.402. The highest BCUT2D eigenvalue weighted by atomic mass is 16.6. The molecule has 1 aliphatic rings. The van der Waals surface area contributed by atoms with Gasteiger partial charge in [-0.15, -0.1) is 0 Å². The Kier molecular flexibility index (Phi) is 1.87. The first kappa shape index (κ1) is 8.92. The zero-order valence-electron chi connectivity index (χ0n) is 7.44. The van der Waals surface area contributed by atoms with Crippen LogP contribution in [0.5, 0.6) is 11.5 Å². The molecule has 0 radical (unpaired) electrons. The Morgan fingerprint density at radius 3 is 1.57 bits per heavy atom. The van der Waals surface area contributed by atoms with Crippen LogP contribution in [0.4, 0.5) is 11.4 Å². The smallest absolute Gasteiger partial charge is 0.198 e. The third-order valence-corrected chi connectivity index (χ3v) is 2.00. The maximum absolute atomic E-state index is 5.59. The number of ether oxygens (including phenoxy) is 2. The first-order valence-corrected chi connectivity index (χ1v) is 4.11. The summed E-state index contributed by atoms with van der Waals surface area (Å²) in [5.41, 5.74) is 23.1. The van der Waals surface area contributed by atoms with Crippen LogP contribution in [-0.4, -0.2) is 12.5 Å². The second-order valence-corrected chi connectivity index (χ2v) is 3.09. The summed E-state index contributed by atoms with van der Waals surface area (Å²) in [7, 11) is 0. The van der Waals surface area contributed by atoms with Gasteiger partial charge in [0.05, 0.1) is 11.4 Å². The Bertz CT molecular complexity index is 334. The average molecular weight is 196 g/mol. The van der Waals surface area contributed by atoms with Crippen molar-refractivity contribution in [1.29, 1.82) is 0 Å². The molecular formula is C8H12N4O2. The monoisotopic (exact) mass is 196 g/mol. The van der Waals surface area contributed by atoms with Gasteiger partial charge in [0.25, 0.3) is 0 Å². The van der Waals surface area contributed by atoms with E-state index in [1.54, 1.807) is 12.1 Å². The van der Waals surface area contributed by atoms with Crippen LogP contribution in [0.2, 0.25) is 0 Å². The minimum atomic E-state index is -0.689. The molecule has 0 spiro atoms. The van der Waals surface area contributed by atoms with Crippen LogP contribution in [0.15, 0.2) is 12.1 Å². The highest BCUT2D eigenvalue weighted by Gasteiger charge is 2.26. The fourth-order valence-electron chi connectivity index (χ4n) is 1.20. The molecule has 2 rings (SSSR count). The number of anilines is 2. The fourth-order valence-corrected chi connectivity index (χ4v) is 1.20. The topological polar surface area (TPSA) is 123 Å².